The number of carbonyl (C=O) groups is 2. The standard InChI is InChI=1S/2C24H19ClFN5O4S.H2O4S/c2*25-16-6-4-14(5-7-16)21-20(30-24(28)31-22(21)27)13-35-18-10-8-17(9-11-18)29-23(32)15-2-1-3-19(12-15)36(26,33)34;1-5(2,3)4/h2*1-12H,13H2,(H,29,32)(H4,27,28,30,31);(H2,1,2,3,4). The van der Waals surface area contributed by atoms with Crippen molar-refractivity contribution in [2.75, 3.05) is 33.6 Å². The molecule has 400 valence electrons. The minimum absolute atomic E-state index is 0.00602. The predicted octanol–water partition coefficient (Wildman–Crippen LogP) is 8.25. The van der Waals surface area contributed by atoms with Gasteiger partial charge in [-0.3, -0.25) is 18.7 Å². The lowest BCUT2D eigenvalue weighted by atomic mass is 10.0. The van der Waals surface area contributed by atoms with Gasteiger partial charge in [-0.1, -0.05) is 59.6 Å². The van der Waals surface area contributed by atoms with Crippen LogP contribution in [0.4, 0.5) is 42.7 Å². The third-order valence-corrected chi connectivity index (χ3v) is 12.2. The van der Waals surface area contributed by atoms with Crippen LogP contribution in [0.2, 0.25) is 10.0 Å². The van der Waals surface area contributed by atoms with E-state index in [0.29, 0.717) is 55.4 Å². The number of anilines is 6. The molecule has 0 aliphatic heterocycles. The fourth-order valence-electron chi connectivity index (χ4n) is 6.72. The Morgan fingerprint density at radius 1 is 0.506 bits per heavy atom. The molecule has 12 N–H and O–H groups in total. The van der Waals surface area contributed by atoms with Crippen molar-refractivity contribution < 1.29 is 61.2 Å². The summed E-state index contributed by atoms with van der Waals surface area (Å²) >= 11 is 12.0. The molecule has 0 fully saturated rings. The molecule has 0 saturated heterocycles. The highest BCUT2D eigenvalue weighted by Gasteiger charge is 2.19. The number of ether oxygens (including phenoxy) is 2. The Hall–Kier alpha value is -8.57. The summed E-state index contributed by atoms with van der Waals surface area (Å²) in [5.74, 6) is 0.144. The fraction of sp³-hybridized carbons (Fsp3) is 0.0417. The van der Waals surface area contributed by atoms with E-state index in [1.54, 1.807) is 97.1 Å². The largest absolute Gasteiger partial charge is 0.487 e. The van der Waals surface area contributed by atoms with Crippen LogP contribution >= 0.6 is 23.2 Å². The molecule has 29 heteroatoms. The van der Waals surface area contributed by atoms with Crippen molar-refractivity contribution in [1.29, 1.82) is 0 Å². The Labute approximate surface area is 448 Å². The zero-order valence-electron chi connectivity index (χ0n) is 39.1. The van der Waals surface area contributed by atoms with Crippen LogP contribution in [0, 0.1) is 0 Å². The number of carbonyl (C=O) groups excluding carboxylic acids is 2. The second-order valence-electron chi connectivity index (χ2n) is 15.5. The first-order chi connectivity index (χ1) is 36.2. The Kier molecular flexibility index (Phi) is 18.6. The summed E-state index contributed by atoms with van der Waals surface area (Å²) in [4.78, 5) is 40.3. The molecule has 0 unspecified atom stereocenters. The summed E-state index contributed by atoms with van der Waals surface area (Å²) in [7, 11) is -14.5. The molecule has 0 saturated carbocycles. The average Bonchev–Trinajstić information content (AvgIpc) is 3.36. The Morgan fingerprint density at radius 2 is 0.831 bits per heavy atom. The first-order valence-electron chi connectivity index (χ1n) is 21.4. The van der Waals surface area contributed by atoms with E-state index in [1.165, 1.54) is 24.3 Å². The van der Waals surface area contributed by atoms with Gasteiger partial charge in [0.2, 0.25) is 11.9 Å². The number of nitrogens with two attached hydrogens (primary N) is 4. The first-order valence-corrected chi connectivity index (χ1v) is 26.4. The predicted molar refractivity (Wildman–Crippen MR) is 284 cm³/mol. The quantitative estimate of drug-likeness (QED) is 0.0375. The van der Waals surface area contributed by atoms with Crippen LogP contribution in [0.25, 0.3) is 22.3 Å². The van der Waals surface area contributed by atoms with Crippen LogP contribution in [-0.2, 0) is 44.1 Å². The van der Waals surface area contributed by atoms with Gasteiger partial charge >= 0.3 is 30.8 Å². The Morgan fingerprint density at radius 3 is 1.14 bits per heavy atom. The molecular weight excluding hydrogens is 1110 g/mol. The molecule has 0 aliphatic carbocycles. The summed E-state index contributed by atoms with van der Waals surface area (Å²) in [6.07, 6.45) is 0. The maximum absolute atomic E-state index is 13.2. The monoisotopic (exact) mass is 1150 g/mol. The Bertz CT molecular complexity index is 3560. The second kappa shape index (κ2) is 24.8. The highest BCUT2D eigenvalue weighted by molar-refractivity contribution is 7.86. The molecule has 0 bridgehead atoms. The number of nitrogens with zero attached hydrogens (tertiary/aromatic N) is 4. The van der Waals surface area contributed by atoms with E-state index in [4.69, 9.17) is 73.1 Å². The number of halogens is 4. The SMILES string of the molecule is Nc1nc(N)c(-c2ccc(Cl)cc2)c(COc2ccc(NC(=O)c3cccc(S(=O)(=O)F)c3)cc2)n1.Nc1nc(N)c(-c2ccc(Cl)cc2)c(COc2ccc(NC(=O)c3cccc(S(=O)(=O)F)c3)cc2)n1.O=S(=O)(O)O. The van der Waals surface area contributed by atoms with Crippen LogP contribution in [0.1, 0.15) is 32.1 Å². The smallest absolute Gasteiger partial charge is 0.394 e. The van der Waals surface area contributed by atoms with Crippen LogP contribution < -0.4 is 43.0 Å². The number of hydrogen-bond donors (Lipinski definition) is 8. The minimum Gasteiger partial charge on any atom is -0.487 e. The van der Waals surface area contributed by atoms with E-state index in [2.05, 4.69) is 30.6 Å². The number of nitrogen functional groups attached to an aromatic ring is 4. The van der Waals surface area contributed by atoms with E-state index >= 15 is 0 Å². The molecule has 22 nitrogen and oxygen atoms in total. The molecule has 8 rings (SSSR count). The van der Waals surface area contributed by atoms with Crippen LogP contribution in [0.3, 0.4) is 0 Å². The lowest BCUT2D eigenvalue weighted by Gasteiger charge is -2.13. The van der Waals surface area contributed by atoms with Gasteiger partial charge in [0.05, 0.1) is 21.2 Å². The molecule has 8 aromatic rings. The van der Waals surface area contributed by atoms with Gasteiger partial charge < -0.3 is 43.0 Å². The van der Waals surface area contributed by atoms with Gasteiger partial charge in [-0.25, -0.2) is 9.97 Å². The van der Waals surface area contributed by atoms with Crippen LogP contribution in [-0.4, -0.2) is 66.1 Å². The molecule has 2 heterocycles. The summed E-state index contributed by atoms with van der Waals surface area (Å²) in [5, 5.41) is 6.36. The van der Waals surface area contributed by atoms with Gasteiger partial charge in [0.15, 0.2) is 0 Å². The van der Waals surface area contributed by atoms with Gasteiger partial charge in [0.1, 0.15) is 36.3 Å². The average molecular weight is 1150 g/mol. The maximum atomic E-state index is 13.2. The number of aromatic nitrogens is 4. The zero-order chi connectivity index (χ0) is 56.2. The molecule has 0 radical (unpaired) electrons. The summed E-state index contributed by atoms with van der Waals surface area (Å²) in [6.45, 7) is 0.0656. The van der Waals surface area contributed by atoms with Crippen molar-refractivity contribution >= 4 is 101 Å². The van der Waals surface area contributed by atoms with E-state index in [1.807, 2.05) is 0 Å². The van der Waals surface area contributed by atoms with Crippen molar-refractivity contribution in [3.05, 3.63) is 178 Å². The number of nitrogens with one attached hydrogen (secondary N) is 2. The van der Waals surface area contributed by atoms with Gasteiger partial charge in [0.25, 0.3) is 11.8 Å². The Balaban J connectivity index is 0.000000229. The maximum Gasteiger partial charge on any atom is 0.394 e. The highest BCUT2D eigenvalue weighted by Crippen LogP contribution is 2.32. The number of benzene rings is 6. The van der Waals surface area contributed by atoms with E-state index < -0.39 is 52.5 Å². The summed E-state index contributed by atoms with van der Waals surface area (Å²) in [5.41, 5.74) is 28.1. The van der Waals surface area contributed by atoms with E-state index in [0.717, 1.165) is 35.4 Å². The summed E-state index contributed by atoms with van der Waals surface area (Å²) < 4.78 is 114. The highest BCUT2D eigenvalue weighted by atomic mass is 35.5. The molecular formula is C48H40Cl2F2N10O12S3. The van der Waals surface area contributed by atoms with Gasteiger partial charge in [-0.2, -0.15) is 35.2 Å². The molecule has 0 atom stereocenters. The van der Waals surface area contributed by atoms with Crippen molar-refractivity contribution in [3.63, 3.8) is 0 Å². The van der Waals surface area contributed by atoms with Gasteiger partial charge in [-0.15, -0.1) is 7.77 Å². The molecule has 0 aliphatic rings. The molecule has 6 aromatic carbocycles. The van der Waals surface area contributed by atoms with Crippen LogP contribution in [0.15, 0.2) is 155 Å². The third kappa shape index (κ3) is 17.2. The first kappa shape index (κ1) is 57.7. The van der Waals surface area contributed by atoms with Crippen molar-refractivity contribution in [1.82, 2.24) is 19.9 Å². The number of rotatable bonds is 14. The van der Waals surface area contributed by atoms with Gasteiger partial charge in [0, 0.05) is 43.7 Å². The molecule has 2 aromatic heterocycles. The van der Waals surface area contributed by atoms with E-state index in [9.17, 15) is 34.2 Å². The third-order valence-electron chi connectivity index (χ3n) is 10.1. The van der Waals surface area contributed by atoms with Crippen molar-refractivity contribution in [2.24, 2.45) is 0 Å². The number of amides is 2. The second-order valence-corrected chi connectivity index (χ2v) is 20.0. The lowest BCUT2D eigenvalue weighted by Crippen LogP contribution is -2.12. The molecule has 0 spiro atoms. The normalized spacial score (nSPS) is 11.2. The lowest BCUT2D eigenvalue weighted by molar-refractivity contribution is 0.101. The number of hydrogen-bond acceptors (Lipinski definition) is 18. The molecule has 2 amide bonds. The molecule has 77 heavy (non-hydrogen) atoms. The summed E-state index contributed by atoms with van der Waals surface area (Å²) in [6, 6.07) is 36.2. The fourth-order valence-corrected chi connectivity index (χ4v) is 7.99. The van der Waals surface area contributed by atoms with Crippen molar-refractivity contribution in [2.45, 2.75) is 23.0 Å². The zero-order valence-corrected chi connectivity index (χ0v) is 43.0. The topological polar surface area (TPSA) is 375 Å². The van der Waals surface area contributed by atoms with Crippen LogP contribution in [0.5, 0.6) is 11.5 Å². The van der Waals surface area contributed by atoms with E-state index in [-0.39, 0.29) is 47.9 Å². The minimum atomic E-state index is -4.92. The van der Waals surface area contributed by atoms with Gasteiger partial charge in [-0.05, 0) is 120 Å². The van der Waals surface area contributed by atoms with Crippen molar-refractivity contribution in [3.8, 4) is 33.8 Å².